The monoisotopic (exact) mass is 299 g/mol. The van der Waals surface area contributed by atoms with E-state index < -0.39 is 0 Å². The number of carbonyl (C=O) groups excluding carboxylic acids is 1. The van der Waals surface area contributed by atoms with Crippen molar-refractivity contribution >= 4 is 5.91 Å². The molecule has 1 amide bonds. The predicted octanol–water partition coefficient (Wildman–Crippen LogP) is 1.89. The number of carbonyl (C=O) groups is 1. The zero-order valence-electron chi connectivity index (χ0n) is 12.0. The minimum atomic E-state index is -0.196. The van der Waals surface area contributed by atoms with Gasteiger partial charge in [-0.1, -0.05) is 24.3 Å². The largest absolute Gasteiger partial charge is 0.508 e. The van der Waals surface area contributed by atoms with E-state index in [0.717, 1.165) is 11.3 Å². The quantitative estimate of drug-likeness (QED) is 0.904. The zero-order chi connectivity index (χ0) is 15.4. The molecule has 2 aromatic rings. The lowest BCUT2D eigenvalue weighted by Crippen LogP contribution is -2.41. The van der Waals surface area contributed by atoms with Gasteiger partial charge in [0.25, 0.3) is 0 Å². The number of hydrogen-bond donors (Lipinski definition) is 2. The van der Waals surface area contributed by atoms with Crippen LogP contribution in [0.3, 0.4) is 0 Å². The Bertz CT molecular complexity index is 654. The Morgan fingerprint density at radius 3 is 2.64 bits per heavy atom. The Balaban J connectivity index is 1.49. The first-order chi connectivity index (χ1) is 10.7. The number of fused-ring (bicyclic) bond motifs is 1. The first kappa shape index (κ1) is 14.3. The van der Waals surface area contributed by atoms with Crippen molar-refractivity contribution in [1.29, 1.82) is 0 Å². The smallest absolute Gasteiger partial charge is 0.224 e. The summed E-state index contributed by atoms with van der Waals surface area (Å²) in [5.74, 6) is 1.53. The van der Waals surface area contributed by atoms with E-state index in [-0.39, 0.29) is 24.2 Å². The van der Waals surface area contributed by atoms with Crippen LogP contribution in [0.5, 0.6) is 17.2 Å². The second-order valence-electron chi connectivity index (χ2n) is 5.14. The molecule has 0 radical (unpaired) electrons. The number of benzene rings is 2. The van der Waals surface area contributed by atoms with Gasteiger partial charge in [-0.25, -0.2) is 0 Å². The van der Waals surface area contributed by atoms with Crippen molar-refractivity contribution in [2.24, 2.45) is 0 Å². The summed E-state index contributed by atoms with van der Waals surface area (Å²) in [5.41, 5.74) is 0.849. The van der Waals surface area contributed by atoms with Crippen LogP contribution in [0.4, 0.5) is 0 Å². The Hall–Kier alpha value is -2.69. The Morgan fingerprint density at radius 2 is 1.86 bits per heavy atom. The molecular formula is C17H17NO4. The van der Waals surface area contributed by atoms with Gasteiger partial charge >= 0.3 is 0 Å². The lowest BCUT2D eigenvalue weighted by Gasteiger charge is -2.26. The molecule has 0 aliphatic carbocycles. The molecule has 1 aliphatic heterocycles. The number of amides is 1. The Kier molecular flexibility index (Phi) is 4.14. The molecule has 3 rings (SSSR count). The van der Waals surface area contributed by atoms with Gasteiger partial charge in [0.1, 0.15) is 18.5 Å². The van der Waals surface area contributed by atoms with Crippen molar-refractivity contribution < 1.29 is 19.4 Å². The summed E-state index contributed by atoms with van der Waals surface area (Å²) in [4.78, 5) is 11.9. The van der Waals surface area contributed by atoms with Crippen molar-refractivity contribution in [3.8, 4) is 17.2 Å². The summed E-state index contributed by atoms with van der Waals surface area (Å²) >= 11 is 0. The number of nitrogens with one attached hydrogen (secondary N) is 1. The van der Waals surface area contributed by atoms with E-state index in [1.165, 1.54) is 0 Å². The van der Waals surface area contributed by atoms with Crippen molar-refractivity contribution in [2.75, 3.05) is 13.2 Å². The van der Waals surface area contributed by atoms with Crippen molar-refractivity contribution in [2.45, 2.75) is 12.5 Å². The van der Waals surface area contributed by atoms with Gasteiger partial charge in [-0.15, -0.1) is 0 Å². The molecule has 1 aliphatic rings. The lowest BCUT2D eigenvalue weighted by atomic mass is 10.1. The third kappa shape index (κ3) is 3.49. The van der Waals surface area contributed by atoms with Crippen LogP contribution in [-0.2, 0) is 11.2 Å². The van der Waals surface area contributed by atoms with Gasteiger partial charge in [0.05, 0.1) is 13.0 Å². The van der Waals surface area contributed by atoms with Gasteiger partial charge in [-0.3, -0.25) is 4.79 Å². The maximum Gasteiger partial charge on any atom is 0.224 e. The highest BCUT2D eigenvalue weighted by Crippen LogP contribution is 2.30. The van der Waals surface area contributed by atoms with Gasteiger partial charge in [0.15, 0.2) is 11.5 Å². The van der Waals surface area contributed by atoms with Crippen LogP contribution < -0.4 is 14.8 Å². The summed E-state index contributed by atoms with van der Waals surface area (Å²) in [6.07, 6.45) is 0.0726. The second kappa shape index (κ2) is 6.39. The number of phenolic OH excluding ortho intramolecular Hbond substituents is 1. The average Bonchev–Trinajstić information content (AvgIpc) is 2.55. The van der Waals surface area contributed by atoms with Crippen LogP contribution in [0.1, 0.15) is 5.56 Å². The number of hydrogen-bond acceptors (Lipinski definition) is 4. The van der Waals surface area contributed by atoms with E-state index in [4.69, 9.17) is 9.47 Å². The van der Waals surface area contributed by atoms with Crippen LogP contribution in [0, 0.1) is 0 Å². The van der Waals surface area contributed by atoms with Crippen LogP contribution in [0.25, 0.3) is 0 Å². The molecule has 1 atom stereocenters. The van der Waals surface area contributed by atoms with Gasteiger partial charge in [0.2, 0.25) is 5.91 Å². The Morgan fingerprint density at radius 1 is 1.14 bits per heavy atom. The fourth-order valence-corrected chi connectivity index (χ4v) is 2.25. The molecule has 0 aromatic heterocycles. The lowest BCUT2D eigenvalue weighted by molar-refractivity contribution is -0.120. The molecule has 22 heavy (non-hydrogen) atoms. The summed E-state index contributed by atoms with van der Waals surface area (Å²) < 4.78 is 11.4. The third-order valence-electron chi connectivity index (χ3n) is 3.40. The molecule has 1 unspecified atom stereocenters. The standard InChI is InChI=1S/C17H17NO4/c19-13-7-5-12(6-8-13)9-17(20)18-10-14-11-21-15-3-1-2-4-16(15)22-14/h1-8,14,19H,9-11H2,(H,18,20). The van der Waals surface area contributed by atoms with Crippen LogP contribution >= 0.6 is 0 Å². The highest BCUT2D eigenvalue weighted by Gasteiger charge is 2.20. The SMILES string of the molecule is O=C(Cc1ccc(O)cc1)NCC1COc2ccccc2O1. The number of aromatic hydroxyl groups is 1. The van der Waals surface area contributed by atoms with E-state index >= 15 is 0 Å². The summed E-state index contributed by atoms with van der Waals surface area (Å²) in [7, 11) is 0. The minimum Gasteiger partial charge on any atom is -0.508 e. The molecule has 0 bridgehead atoms. The van der Waals surface area contributed by atoms with Crippen molar-refractivity contribution in [3.05, 3.63) is 54.1 Å². The summed E-state index contributed by atoms with van der Waals surface area (Å²) in [5, 5.41) is 12.1. The van der Waals surface area contributed by atoms with E-state index in [1.54, 1.807) is 24.3 Å². The first-order valence-electron chi connectivity index (χ1n) is 7.14. The molecule has 0 fully saturated rings. The van der Waals surface area contributed by atoms with Crippen molar-refractivity contribution in [3.63, 3.8) is 0 Å². The molecule has 2 N–H and O–H groups in total. The van der Waals surface area contributed by atoms with Crippen LogP contribution in [0.2, 0.25) is 0 Å². The fraction of sp³-hybridized carbons (Fsp3) is 0.235. The molecule has 114 valence electrons. The van der Waals surface area contributed by atoms with Crippen LogP contribution in [0.15, 0.2) is 48.5 Å². The molecule has 0 saturated heterocycles. The van der Waals surface area contributed by atoms with E-state index in [2.05, 4.69) is 5.32 Å². The first-order valence-corrected chi connectivity index (χ1v) is 7.14. The van der Waals surface area contributed by atoms with Crippen LogP contribution in [-0.4, -0.2) is 30.3 Å². The van der Waals surface area contributed by atoms with Gasteiger partial charge in [-0.2, -0.15) is 0 Å². The number of ether oxygens (including phenoxy) is 2. The Labute approximate surface area is 128 Å². The summed E-state index contributed by atoms with van der Waals surface area (Å²) in [6, 6.07) is 14.1. The van der Waals surface area contributed by atoms with E-state index in [1.807, 2.05) is 24.3 Å². The zero-order valence-corrected chi connectivity index (χ0v) is 12.0. The molecule has 2 aromatic carbocycles. The molecule has 0 spiro atoms. The maximum atomic E-state index is 11.9. The summed E-state index contributed by atoms with van der Waals surface area (Å²) in [6.45, 7) is 0.807. The third-order valence-corrected chi connectivity index (χ3v) is 3.40. The van der Waals surface area contributed by atoms with Gasteiger partial charge in [0, 0.05) is 0 Å². The topological polar surface area (TPSA) is 67.8 Å². The average molecular weight is 299 g/mol. The second-order valence-corrected chi connectivity index (χ2v) is 5.14. The maximum absolute atomic E-state index is 11.9. The van der Waals surface area contributed by atoms with E-state index in [0.29, 0.717) is 18.9 Å². The van der Waals surface area contributed by atoms with E-state index in [9.17, 15) is 9.90 Å². The highest BCUT2D eigenvalue weighted by atomic mass is 16.6. The molecule has 0 saturated carbocycles. The highest BCUT2D eigenvalue weighted by molar-refractivity contribution is 5.78. The predicted molar refractivity (Wildman–Crippen MR) is 81.2 cm³/mol. The molecular weight excluding hydrogens is 282 g/mol. The minimum absolute atomic E-state index is 0.0897. The fourth-order valence-electron chi connectivity index (χ4n) is 2.25. The molecule has 1 heterocycles. The number of phenols is 1. The normalized spacial score (nSPS) is 16.1. The van der Waals surface area contributed by atoms with Gasteiger partial charge < -0.3 is 19.9 Å². The molecule has 5 nitrogen and oxygen atoms in total. The number of para-hydroxylation sites is 2. The molecule has 5 heteroatoms. The van der Waals surface area contributed by atoms with Gasteiger partial charge in [-0.05, 0) is 29.8 Å². The van der Waals surface area contributed by atoms with Crippen molar-refractivity contribution in [1.82, 2.24) is 5.32 Å². The number of rotatable bonds is 4.